The van der Waals surface area contributed by atoms with Crippen molar-refractivity contribution in [1.82, 2.24) is 5.32 Å². The Labute approximate surface area is 120 Å². The number of nitrogens with one attached hydrogen (secondary N) is 2. The molecule has 0 atom stereocenters. The summed E-state index contributed by atoms with van der Waals surface area (Å²) < 4.78 is 5.09. The Balaban J connectivity index is 2.40. The van der Waals surface area contributed by atoms with Crippen molar-refractivity contribution in [2.75, 3.05) is 25.5 Å². The minimum Gasteiger partial charge on any atom is -0.497 e. The monoisotopic (exact) mass is 280 g/mol. The van der Waals surface area contributed by atoms with Gasteiger partial charge < -0.3 is 20.5 Å². The van der Waals surface area contributed by atoms with Gasteiger partial charge in [0, 0.05) is 18.3 Å². The molecule has 1 aromatic rings. The summed E-state index contributed by atoms with van der Waals surface area (Å²) >= 11 is 0. The van der Waals surface area contributed by atoms with Crippen molar-refractivity contribution in [1.29, 1.82) is 0 Å². The summed E-state index contributed by atoms with van der Waals surface area (Å²) in [7, 11) is 1.58. The van der Waals surface area contributed by atoms with E-state index in [1.165, 1.54) is 0 Å². The average molecular weight is 280 g/mol. The SMILES string of the molecule is CCC(O)(CC)CNCC(=O)Nc1cccc(OC)c1. The topological polar surface area (TPSA) is 70.6 Å². The van der Waals surface area contributed by atoms with Gasteiger partial charge in [0.1, 0.15) is 5.75 Å². The van der Waals surface area contributed by atoms with Crippen LogP contribution in [0, 0.1) is 0 Å². The van der Waals surface area contributed by atoms with Crippen LogP contribution in [-0.2, 0) is 4.79 Å². The number of hydrogen-bond donors (Lipinski definition) is 3. The number of rotatable bonds is 8. The van der Waals surface area contributed by atoms with Gasteiger partial charge in [-0.2, -0.15) is 0 Å². The molecular weight excluding hydrogens is 256 g/mol. The molecule has 20 heavy (non-hydrogen) atoms. The number of aliphatic hydroxyl groups is 1. The number of ether oxygens (including phenoxy) is 1. The number of amides is 1. The zero-order valence-electron chi connectivity index (χ0n) is 12.4. The molecule has 0 fully saturated rings. The summed E-state index contributed by atoms with van der Waals surface area (Å²) in [6.07, 6.45) is 1.32. The standard InChI is InChI=1S/C15H24N2O3/c1-4-15(19,5-2)11-16-10-14(18)17-12-7-6-8-13(9-12)20-3/h6-9,16,19H,4-5,10-11H2,1-3H3,(H,17,18). The van der Waals surface area contributed by atoms with Crippen LogP contribution in [0.25, 0.3) is 0 Å². The molecule has 1 rings (SSSR count). The van der Waals surface area contributed by atoms with E-state index in [9.17, 15) is 9.90 Å². The van der Waals surface area contributed by atoms with Gasteiger partial charge in [0.25, 0.3) is 0 Å². The molecule has 0 aliphatic heterocycles. The van der Waals surface area contributed by atoms with Crippen LogP contribution in [-0.4, -0.2) is 36.8 Å². The van der Waals surface area contributed by atoms with Gasteiger partial charge in [-0.05, 0) is 25.0 Å². The lowest BCUT2D eigenvalue weighted by Gasteiger charge is -2.25. The van der Waals surface area contributed by atoms with Crippen molar-refractivity contribution >= 4 is 11.6 Å². The molecule has 0 radical (unpaired) electrons. The lowest BCUT2D eigenvalue weighted by Crippen LogP contribution is -2.42. The van der Waals surface area contributed by atoms with Gasteiger partial charge in [-0.15, -0.1) is 0 Å². The molecule has 0 saturated carbocycles. The average Bonchev–Trinajstić information content (AvgIpc) is 2.47. The Morgan fingerprint density at radius 1 is 1.35 bits per heavy atom. The van der Waals surface area contributed by atoms with Crippen molar-refractivity contribution in [2.45, 2.75) is 32.3 Å². The van der Waals surface area contributed by atoms with Crippen LogP contribution in [0.5, 0.6) is 5.75 Å². The molecule has 3 N–H and O–H groups in total. The van der Waals surface area contributed by atoms with Gasteiger partial charge in [-0.1, -0.05) is 19.9 Å². The fraction of sp³-hybridized carbons (Fsp3) is 0.533. The fourth-order valence-corrected chi connectivity index (χ4v) is 1.81. The zero-order valence-corrected chi connectivity index (χ0v) is 12.4. The first kappa shape index (κ1) is 16.5. The van der Waals surface area contributed by atoms with Crippen LogP contribution in [0.4, 0.5) is 5.69 Å². The predicted octanol–water partition coefficient (Wildman–Crippen LogP) is 1.77. The normalized spacial score (nSPS) is 11.2. The van der Waals surface area contributed by atoms with Gasteiger partial charge in [0.05, 0.1) is 19.3 Å². The van der Waals surface area contributed by atoms with Crippen LogP contribution in [0.15, 0.2) is 24.3 Å². The minimum atomic E-state index is -0.740. The van der Waals surface area contributed by atoms with Gasteiger partial charge in [-0.3, -0.25) is 4.79 Å². The molecule has 1 amide bonds. The van der Waals surface area contributed by atoms with Crippen molar-refractivity contribution in [3.05, 3.63) is 24.3 Å². The highest BCUT2D eigenvalue weighted by atomic mass is 16.5. The molecule has 0 saturated heterocycles. The Hall–Kier alpha value is -1.59. The molecule has 112 valence electrons. The van der Waals surface area contributed by atoms with Crippen molar-refractivity contribution in [3.8, 4) is 5.75 Å². The summed E-state index contributed by atoms with van der Waals surface area (Å²) in [6.45, 7) is 4.44. The van der Waals surface area contributed by atoms with Gasteiger partial charge >= 0.3 is 0 Å². The lowest BCUT2D eigenvalue weighted by molar-refractivity contribution is -0.115. The second-order valence-corrected chi connectivity index (χ2v) is 4.82. The van der Waals surface area contributed by atoms with Crippen LogP contribution < -0.4 is 15.4 Å². The third-order valence-corrected chi connectivity index (χ3v) is 3.41. The highest BCUT2D eigenvalue weighted by Crippen LogP contribution is 2.16. The molecule has 0 unspecified atom stereocenters. The van der Waals surface area contributed by atoms with Gasteiger partial charge in [0.2, 0.25) is 5.91 Å². The van der Waals surface area contributed by atoms with E-state index >= 15 is 0 Å². The summed E-state index contributed by atoms with van der Waals surface area (Å²) in [6, 6.07) is 7.19. The quantitative estimate of drug-likeness (QED) is 0.679. The summed E-state index contributed by atoms with van der Waals surface area (Å²) in [5, 5.41) is 15.8. The van der Waals surface area contributed by atoms with E-state index < -0.39 is 5.60 Å². The molecule has 0 heterocycles. The van der Waals surface area contributed by atoms with Crippen LogP contribution in [0.3, 0.4) is 0 Å². The molecular formula is C15H24N2O3. The van der Waals surface area contributed by atoms with E-state index in [0.29, 0.717) is 30.8 Å². The lowest BCUT2D eigenvalue weighted by atomic mass is 9.98. The maximum absolute atomic E-state index is 11.8. The van der Waals surface area contributed by atoms with E-state index in [1.54, 1.807) is 19.2 Å². The number of carbonyl (C=O) groups excluding carboxylic acids is 1. The van der Waals surface area contributed by atoms with Gasteiger partial charge in [0.15, 0.2) is 0 Å². The summed E-state index contributed by atoms with van der Waals surface area (Å²) in [5.41, 5.74) is -0.0478. The highest BCUT2D eigenvalue weighted by Gasteiger charge is 2.21. The first-order valence-electron chi connectivity index (χ1n) is 6.90. The van der Waals surface area contributed by atoms with Crippen molar-refractivity contribution in [3.63, 3.8) is 0 Å². The number of methoxy groups -OCH3 is 1. The Kier molecular flexibility index (Phi) is 6.48. The number of anilines is 1. The second-order valence-electron chi connectivity index (χ2n) is 4.82. The number of hydrogen-bond acceptors (Lipinski definition) is 4. The third kappa shape index (κ3) is 5.19. The van der Waals surface area contributed by atoms with E-state index in [4.69, 9.17) is 4.74 Å². The fourth-order valence-electron chi connectivity index (χ4n) is 1.81. The highest BCUT2D eigenvalue weighted by molar-refractivity contribution is 5.92. The Morgan fingerprint density at radius 3 is 2.65 bits per heavy atom. The van der Waals surface area contributed by atoms with Crippen molar-refractivity contribution in [2.24, 2.45) is 0 Å². The molecule has 0 aromatic heterocycles. The maximum Gasteiger partial charge on any atom is 0.238 e. The number of benzene rings is 1. The molecule has 1 aromatic carbocycles. The first-order valence-corrected chi connectivity index (χ1v) is 6.90. The van der Waals surface area contributed by atoms with E-state index in [2.05, 4.69) is 10.6 Å². The largest absolute Gasteiger partial charge is 0.497 e. The number of carbonyl (C=O) groups is 1. The minimum absolute atomic E-state index is 0.146. The van der Waals surface area contributed by atoms with E-state index in [-0.39, 0.29) is 12.5 Å². The predicted molar refractivity (Wildman–Crippen MR) is 80.0 cm³/mol. The summed E-state index contributed by atoms with van der Waals surface area (Å²) in [4.78, 5) is 11.8. The molecule has 0 aliphatic rings. The maximum atomic E-state index is 11.8. The first-order chi connectivity index (χ1) is 9.53. The molecule has 0 aliphatic carbocycles. The Bertz CT molecular complexity index is 431. The summed E-state index contributed by atoms with van der Waals surface area (Å²) in [5.74, 6) is 0.551. The van der Waals surface area contributed by atoms with Crippen molar-refractivity contribution < 1.29 is 14.6 Å². The zero-order chi connectivity index (χ0) is 15.0. The molecule has 5 nitrogen and oxygen atoms in total. The third-order valence-electron chi connectivity index (χ3n) is 3.41. The smallest absolute Gasteiger partial charge is 0.238 e. The molecule has 0 bridgehead atoms. The van der Waals surface area contributed by atoms with Crippen LogP contribution >= 0.6 is 0 Å². The second kappa shape index (κ2) is 7.87. The van der Waals surface area contributed by atoms with E-state index in [1.807, 2.05) is 26.0 Å². The van der Waals surface area contributed by atoms with Crippen LogP contribution in [0.2, 0.25) is 0 Å². The molecule has 0 spiro atoms. The molecule has 5 heteroatoms. The Morgan fingerprint density at radius 2 is 2.05 bits per heavy atom. The van der Waals surface area contributed by atoms with Gasteiger partial charge in [-0.25, -0.2) is 0 Å². The van der Waals surface area contributed by atoms with E-state index in [0.717, 1.165) is 0 Å². The van der Waals surface area contributed by atoms with Crippen LogP contribution in [0.1, 0.15) is 26.7 Å².